The van der Waals surface area contributed by atoms with Crippen LogP contribution in [0.2, 0.25) is 0 Å². The molecule has 0 saturated heterocycles. The minimum Gasteiger partial charge on any atom is -0.465 e. The molecule has 0 amide bonds. The monoisotopic (exact) mass is 265 g/mol. The third-order valence-electron chi connectivity index (χ3n) is 2.65. The zero-order valence-corrected chi connectivity index (χ0v) is 12.1. The number of hydrogen-bond acceptors (Lipinski definition) is 4. The molecule has 0 heterocycles. The molecule has 102 valence electrons. The van der Waals surface area contributed by atoms with E-state index in [1.165, 1.54) is 25.2 Å². The third kappa shape index (κ3) is 3.67. The van der Waals surface area contributed by atoms with Crippen LogP contribution in [0.1, 0.15) is 40.5 Å². The van der Waals surface area contributed by atoms with Crippen LogP contribution in [0.15, 0.2) is 0 Å². The van der Waals surface area contributed by atoms with Gasteiger partial charge in [-0.25, -0.2) is 12.7 Å². The van der Waals surface area contributed by atoms with Gasteiger partial charge in [0.25, 0.3) is 0 Å². The molecule has 0 atom stereocenters. The fourth-order valence-electron chi connectivity index (χ4n) is 1.30. The second-order valence-electron chi connectivity index (χ2n) is 4.41. The summed E-state index contributed by atoms with van der Waals surface area (Å²) in [6.45, 7) is 6.99. The van der Waals surface area contributed by atoms with E-state index >= 15 is 0 Å². The maximum atomic E-state index is 12.2. The Bertz CT molecular complexity index is 348. The summed E-state index contributed by atoms with van der Waals surface area (Å²) in [6.07, 6.45) is 1.67. The molecule has 0 spiro atoms. The molecule has 0 radical (unpaired) electrons. The third-order valence-corrected chi connectivity index (χ3v) is 5.11. The van der Waals surface area contributed by atoms with E-state index in [0.29, 0.717) is 6.54 Å². The molecule has 17 heavy (non-hydrogen) atoms. The quantitative estimate of drug-likeness (QED) is 0.653. The van der Waals surface area contributed by atoms with Crippen LogP contribution < -0.4 is 0 Å². The lowest BCUT2D eigenvalue weighted by atomic mass is 10.2. The predicted molar refractivity (Wildman–Crippen MR) is 67.2 cm³/mol. The maximum Gasteiger partial charge on any atom is 0.328 e. The Hall–Kier alpha value is -0.620. The number of hydrogen-bond donors (Lipinski definition) is 0. The lowest BCUT2D eigenvalue weighted by molar-refractivity contribution is -0.145. The largest absolute Gasteiger partial charge is 0.465 e. The average molecular weight is 265 g/mol. The molecule has 6 heteroatoms. The van der Waals surface area contributed by atoms with E-state index in [9.17, 15) is 13.2 Å². The number of esters is 1. The standard InChI is InChI=1S/C11H23NO4S/c1-6-8-9-12(5)17(14,15)11(3,4)10(13)16-7-2/h6-9H2,1-5H3. The Morgan fingerprint density at radius 1 is 1.29 bits per heavy atom. The van der Waals surface area contributed by atoms with E-state index in [0.717, 1.165) is 12.8 Å². The summed E-state index contributed by atoms with van der Waals surface area (Å²) in [5.41, 5.74) is 0. The molecular formula is C11H23NO4S. The highest BCUT2D eigenvalue weighted by molar-refractivity contribution is 7.91. The van der Waals surface area contributed by atoms with Crippen molar-refractivity contribution in [2.24, 2.45) is 0 Å². The van der Waals surface area contributed by atoms with Crippen LogP contribution in [0.3, 0.4) is 0 Å². The number of ether oxygens (including phenoxy) is 1. The number of rotatable bonds is 7. The lowest BCUT2D eigenvalue weighted by Gasteiger charge is -2.28. The molecule has 0 aromatic carbocycles. The average Bonchev–Trinajstić information content (AvgIpc) is 2.25. The molecule has 0 rings (SSSR count). The minimum absolute atomic E-state index is 0.177. The smallest absolute Gasteiger partial charge is 0.328 e. The van der Waals surface area contributed by atoms with E-state index in [4.69, 9.17) is 4.74 Å². The second-order valence-corrected chi connectivity index (χ2v) is 7.01. The first-order valence-electron chi connectivity index (χ1n) is 5.84. The Morgan fingerprint density at radius 3 is 2.24 bits per heavy atom. The first kappa shape index (κ1) is 16.4. The maximum absolute atomic E-state index is 12.2. The van der Waals surface area contributed by atoms with Crippen molar-refractivity contribution in [2.75, 3.05) is 20.2 Å². The van der Waals surface area contributed by atoms with Crippen molar-refractivity contribution in [3.63, 3.8) is 0 Å². The van der Waals surface area contributed by atoms with Crippen molar-refractivity contribution >= 4 is 16.0 Å². The van der Waals surface area contributed by atoms with E-state index < -0.39 is 20.7 Å². The van der Waals surface area contributed by atoms with E-state index in [1.807, 2.05) is 6.92 Å². The van der Waals surface area contributed by atoms with E-state index in [2.05, 4.69) is 0 Å². The molecule has 0 aliphatic rings. The highest BCUT2D eigenvalue weighted by Gasteiger charge is 2.45. The van der Waals surface area contributed by atoms with Gasteiger partial charge in [-0.05, 0) is 27.2 Å². The van der Waals surface area contributed by atoms with Gasteiger partial charge in [-0.1, -0.05) is 13.3 Å². The van der Waals surface area contributed by atoms with E-state index in [1.54, 1.807) is 6.92 Å². The number of nitrogens with zero attached hydrogens (tertiary/aromatic N) is 1. The van der Waals surface area contributed by atoms with Crippen molar-refractivity contribution < 1.29 is 17.9 Å². The first-order valence-corrected chi connectivity index (χ1v) is 7.28. The minimum atomic E-state index is -3.67. The van der Waals surface area contributed by atoms with Crippen LogP contribution in [0.5, 0.6) is 0 Å². The summed E-state index contributed by atoms with van der Waals surface area (Å²) < 4.78 is 28.9. The molecule has 0 aromatic rings. The van der Waals surface area contributed by atoms with Crippen molar-refractivity contribution in [1.29, 1.82) is 0 Å². The van der Waals surface area contributed by atoms with Gasteiger partial charge in [0.05, 0.1) is 6.61 Å². The molecule has 0 aromatic heterocycles. The predicted octanol–water partition coefficient (Wildman–Crippen LogP) is 1.39. The topological polar surface area (TPSA) is 63.7 Å². The Balaban J connectivity index is 4.96. The van der Waals surface area contributed by atoms with Crippen LogP contribution >= 0.6 is 0 Å². The summed E-state index contributed by atoms with van der Waals surface area (Å²) >= 11 is 0. The van der Waals surface area contributed by atoms with Gasteiger partial charge in [-0.15, -0.1) is 0 Å². The van der Waals surface area contributed by atoms with Crippen molar-refractivity contribution in [3.05, 3.63) is 0 Å². The molecule has 0 fully saturated rings. The van der Waals surface area contributed by atoms with Crippen LogP contribution in [0, 0.1) is 0 Å². The van der Waals surface area contributed by atoms with Crippen LogP contribution in [0.25, 0.3) is 0 Å². The number of sulfonamides is 1. The molecule has 0 aliphatic carbocycles. The zero-order valence-electron chi connectivity index (χ0n) is 11.3. The van der Waals surface area contributed by atoms with Crippen molar-refractivity contribution in [2.45, 2.75) is 45.3 Å². The van der Waals surface area contributed by atoms with Gasteiger partial charge >= 0.3 is 5.97 Å². The normalized spacial score (nSPS) is 12.8. The summed E-state index contributed by atoms with van der Waals surface area (Å²) in [5, 5.41) is 0. The van der Waals surface area contributed by atoms with Gasteiger partial charge in [0.1, 0.15) is 0 Å². The summed E-state index contributed by atoms with van der Waals surface area (Å²) in [6, 6.07) is 0. The van der Waals surface area contributed by atoms with Crippen molar-refractivity contribution in [3.8, 4) is 0 Å². The van der Waals surface area contributed by atoms with E-state index in [-0.39, 0.29) is 6.61 Å². The summed E-state index contributed by atoms with van der Waals surface area (Å²) in [5.74, 6) is -0.705. The van der Waals surface area contributed by atoms with Crippen LogP contribution in [-0.2, 0) is 19.6 Å². The lowest BCUT2D eigenvalue weighted by Crippen LogP contribution is -2.49. The molecule has 0 bridgehead atoms. The fraction of sp³-hybridized carbons (Fsp3) is 0.909. The van der Waals surface area contributed by atoms with Gasteiger partial charge in [0, 0.05) is 13.6 Å². The molecular weight excluding hydrogens is 242 g/mol. The summed E-state index contributed by atoms with van der Waals surface area (Å²) in [7, 11) is -2.18. The Labute approximate surface area is 104 Å². The molecule has 5 nitrogen and oxygen atoms in total. The highest BCUT2D eigenvalue weighted by Crippen LogP contribution is 2.22. The van der Waals surface area contributed by atoms with Gasteiger partial charge in [-0.2, -0.15) is 0 Å². The SMILES string of the molecule is CCCCN(C)S(=O)(=O)C(C)(C)C(=O)OCC. The first-order chi connectivity index (χ1) is 7.71. The van der Waals surface area contributed by atoms with Gasteiger partial charge in [-0.3, -0.25) is 4.79 Å². The van der Waals surface area contributed by atoms with Crippen molar-refractivity contribution in [1.82, 2.24) is 4.31 Å². The second kappa shape index (κ2) is 6.35. The Morgan fingerprint density at radius 2 is 1.82 bits per heavy atom. The highest BCUT2D eigenvalue weighted by atomic mass is 32.2. The summed E-state index contributed by atoms with van der Waals surface area (Å²) in [4.78, 5) is 11.7. The molecule has 0 saturated carbocycles. The number of carbonyl (C=O) groups excluding carboxylic acids is 1. The van der Waals surface area contributed by atoms with Gasteiger partial charge in [0.15, 0.2) is 4.75 Å². The molecule has 0 unspecified atom stereocenters. The zero-order chi connectivity index (χ0) is 13.7. The molecule has 0 aliphatic heterocycles. The van der Waals surface area contributed by atoms with Crippen LogP contribution in [-0.4, -0.2) is 43.6 Å². The van der Waals surface area contributed by atoms with Gasteiger partial charge < -0.3 is 4.74 Å². The van der Waals surface area contributed by atoms with Crippen LogP contribution in [0.4, 0.5) is 0 Å². The molecule has 0 N–H and O–H groups in total. The Kier molecular flexibility index (Phi) is 6.12. The number of carbonyl (C=O) groups is 1. The fourth-order valence-corrected chi connectivity index (χ4v) is 2.72. The van der Waals surface area contributed by atoms with Gasteiger partial charge in [0.2, 0.25) is 10.0 Å². The number of unbranched alkanes of at least 4 members (excludes halogenated alkanes) is 1.